The van der Waals surface area contributed by atoms with Crippen LogP contribution in [0.2, 0.25) is 6.04 Å². The van der Waals surface area contributed by atoms with Gasteiger partial charge in [-0.1, -0.05) is 12.8 Å². The summed E-state index contributed by atoms with van der Waals surface area (Å²) in [6.07, 6.45) is 6.35. The Bertz CT molecular complexity index is 204. The first-order valence-electron chi connectivity index (χ1n) is 8.35. The van der Waals surface area contributed by atoms with Crippen LogP contribution in [0.15, 0.2) is 0 Å². The molecule has 6 heteroatoms. The van der Waals surface area contributed by atoms with Crippen LogP contribution in [0.25, 0.3) is 0 Å². The average molecular weight is 355 g/mol. The second kappa shape index (κ2) is 15.7. The summed E-state index contributed by atoms with van der Waals surface area (Å²) in [5.74, 6) is 3.46. The van der Waals surface area contributed by atoms with Gasteiger partial charge in [-0.05, 0) is 57.3 Å². The van der Waals surface area contributed by atoms with Crippen molar-refractivity contribution in [2.75, 3.05) is 37.1 Å². The van der Waals surface area contributed by atoms with Gasteiger partial charge in [-0.3, -0.25) is 0 Å². The Hall–Kier alpha value is 0.797. The third-order valence-corrected chi connectivity index (χ3v) is 7.68. The van der Waals surface area contributed by atoms with E-state index < -0.39 is 8.80 Å². The van der Waals surface area contributed by atoms with E-state index >= 15 is 0 Å². The maximum Gasteiger partial charge on any atom is 0.500 e. The van der Waals surface area contributed by atoms with E-state index in [1.165, 1.54) is 37.2 Å². The molecule has 0 aliphatic carbocycles. The minimum Gasteiger partial charge on any atom is -0.374 e. The van der Waals surface area contributed by atoms with Gasteiger partial charge in [-0.25, -0.2) is 0 Å². The van der Waals surface area contributed by atoms with E-state index in [0.717, 1.165) is 18.2 Å². The van der Waals surface area contributed by atoms with Gasteiger partial charge in [0.15, 0.2) is 0 Å². The van der Waals surface area contributed by atoms with Crippen molar-refractivity contribution in [3.05, 3.63) is 0 Å². The van der Waals surface area contributed by atoms with Crippen LogP contribution in [0.4, 0.5) is 0 Å². The highest BCUT2D eigenvalue weighted by molar-refractivity contribution is 7.99. The van der Waals surface area contributed by atoms with Crippen molar-refractivity contribution in [3.63, 3.8) is 0 Å². The van der Waals surface area contributed by atoms with E-state index in [4.69, 9.17) is 13.3 Å². The maximum atomic E-state index is 5.86. The van der Waals surface area contributed by atoms with E-state index in [2.05, 4.69) is 12.6 Å². The minimum atomic E-state index is -2.40. The highest BCUT2D eigenvalue weighted by Crippen LogP contribution is 2.20. The van der Waals surface area contributed by atoms with Crippen LogP contribution in [-0.2, 0) is 13.3 Å². The van der Waals surface area contributed by atoms with E-state index in [0.29, 0.717) is 19.8 Å². The number of rotatable bonds is 16. The number of thioether (sulfide) groups is 1. The lowest BCUT2D eigenvalue weighted by Gasteiger charge is -2.28. The summed E-state index contributed by atoms with van der Waals surface area (Å²) in [4.78, 5) is 0. The van der Waals surface area contributed by atoms with Gasteiger partial charge < -0.3 is 13.3 Å². The number of hydrogen-bond acceptors (Lipinski definition) is 5. The molecule has 0 N–H and O–H groups in total. The van der Waals surface area contributed by atoms with Crippen LogP contribution >= 0.6 is 24.4 Å². The lowest BCUT2D eigenvalue weighted by Crippen LogP contribution is -2.46. The topological polar surface area (TPSA) is 27.7 Å². The van der Waals surface area contributed by atoms with Gasteiger partial charge in [0.05, 0.1) is 0 Å². The summed E-state index contributed by atoms with van der Waals surface area (Å²) in [5.41, 5.74) is 0. The Morgan fingerprint density at radius 1 is 0.762 bits per heavy atom. The molecule has 0 aromatic rings. The molecule has 0 saturated heterocycles. The summed E-state index contributed by atoms with van der Waals surface area (Å²) < 4.78 is 17.6. The van der Waals surface area contributed by atoms with Crippen molar-refractivity contribution in [2.24, 2.45) is 0 Å². The fourth-order valence-electron chi connectivity index (χ4n) is 2.16. The average Bonchev–Trinajstić information content (AvgIpc) is 2.46. The van der Waals surface area contributed by atoms with Crippen molar-refractivity contribution >= 4 is 33.2 Å². The van der Waals surface area contributed by atoms with Crippen LogP contribution in [-0.4, -0.2) is 45.9 Å². The highest BCUT2D eigenvalue weighted by Gasteiger charge is 2.39. The molecular formula is C15H34O3S2Si. The zero-order valence-electron chi connectivity index (χ0n) is 14.1. The van der Waals surface area contributed by atoms with Gasteiger partial charge in [0, 0.05) is 25.9 Å². The summed E-state index contributed by atoms with van der Waals surface area (Å²) >= 11 is 6.28. The molecule has 3 nitrogen and oxygen atoms in total. The van der Waals surface area contributed by atoms with Crippen molar-refractivity contribution in [3.8, 4) is 0 Å². The summed E-state index contributed by atoms with van der Waals surface area (Å²) in [5, 5.41) is 0. The molecule has 0 aliphatic heterocycles. The van der Waals surface area contributed by atoms with E-state index in [9.17, 15) is 0 Å². The molecule has 0 spiro atoms. The van der Waals surface area contributed by atoms with Crippen molar-refractivity contribution in [2.45, 2.75) is 58.9 Å². The predicted octanol–water partition coefficient (Wildman–Crippen LogP) is 4.65. The zero-order valence-corrected chi connectivity index (χ0v) is 16.8. The number of hydrogen-bond donors (Lipinski definition) is 1. The molecular weight excluding hydrogens is 320 g/mol. The molecule has 21 heavy (non-hydrogen) atoms. The quantitative estimate of drug-likeness (QED) is 0.248. The summed E-state index contributed by atoms with van der Waals surface area (Å²) in [6, 6.07) is 0.940. The van der Waals surface area contributed by atoms with Gasteiger partial charge in [-0.2, -0.15) is 24.4 Å². The molecule has 0 aromatic heterocycles. The number of unbranched alkanes of at least 4 members (excludes halogenated alkanes) is 3. The van der Waals surface area contributed by atoms with Gasteiger partial charge >= 0.3 is 8.80 Å². The first-order chi connectivity index (χ1) is 10.2. The molecule has 0 amide bonds. The first kappa shape index (κ1) is 21.8. The monoisotopic (exact) mass is 354 g/mol. The molecule has 0 bridgehead atoms. The molecule has 128 valence electrons. The Kier molecular flexibility index (Phi) is 16.3. The smallest absolute Gasteiger partial charge is 0.374 e. The molecule has 0 atom stereocenters. The molecule has 0 aromatic carbocycles. The Balaban J connectivity index is 3.76. The second-order valence-electron chi connectivity index (χ2n) is 4.84. The Morgan fingerprint density at radius 3 is 1.81 bits per heavy atom. The fourth-order valence-corrected chi connectivity index (χ4v) is 6.22. The summed E-state index contributed by atoms with van der Waals surface area (Å²) in [7, 11) is -2.40. The molecule has 0 heterocycles. The third kappa shape index (κ3) is 12.0. The summed E-state index contributed by atoms with van der Waals surface area (Å²) in [6.45, 7) is 8.05. The SMILES string of the molecule is CCO[Si](CCCSCCCCCCS)(OCC)OCC. The van der Waals surface area contributed by atoms with E-state index in [1.807, 2.05) is 32.5 Å². The van der Waals surface area contributed by atoms with Crippen LogP contribution in [0.5, 0.6) is 0 Å². The van der Waals surface area contributed by atoms with E-state index in [1.54, 1.807) is 0 Å². The largest absolute Gasteiger partial charge is 0.500 e. The lowest BCUT2D eigenvalue weighted by atomic mass is 10.2. The molecule has 0 rings (SSSR count). The normalized spacial score (nSPS) is 12.0. The molecule has 0 unspecified atom stereocenters. The second-order valence-corrected chi connectivity index (χ2v) is 9.24. The Morgan fingerprint density at radius 2 is 1.29 bits per heavy atom. The van der Waals surface area contributed by atoms with Crippen LogP contribution in [0, 0.1) is 0 Å². The first-order valence-corrected chi connectivity index (χ1v) is 12.1. The van der Waals surface area contributed by atoms with Gasteiger partial charge in [0.25, 0.3) is 0 Å². The molecule has 0 saturated carbocycles. The molecule has 0 fully saturated rings. The van der Waals surface area contributed by atoms with Crippen molar-refractivity contribution in [1.82, 2.24) is 0 Å². The minimum absolute atomic E-state index is 0.671. The Labute approximate surface area is 142 Å². The highest BCUT2D eigenvalue weighted by atomic mass is 32.2. The van der Waals surface area contributed by atoms with Crippen molar-refractivity contribution in [1.29, 1.82) is 0 Å². The molecule has 0 radical (unpaired) electrons. The van der Waals surface area contributed by atoms with Gasteiger partial charge in [0.1, 0.15) is 0 Å². The fraction of sp³-hybridized carbons (Fsp3) is 1.00. The predicted molar refractivity (Wildman–Crippen MR) is 99.7 cm³/mol. The van der Waals surface area contributed by atoms with Crippen LogP contribution in [0.3, 0.4) is 0 Å². The van der Waals surface area contributed by atoms with Crippen molar-refractivity contribution < 1.29 is 13.3 Å². The standard InChI is InChI=1S/C15H34O3S2Si/c1-4-16-21(17-5-2,18-6-3)15-11-14-20-13-10-8-7-9-12-19/h19H,4-15H2,1-3H3. The van der Waals surface area contributed by atoms with Gasteiger partial charge in [0.2, 0.25) is 0 Å². The lowest BCUT2D eigenvalue weighted by molar-refractivity contribution is 0.0712. The molecule has 0 aliphatic rings. The van der Waals surface area contributed by atoms with Crippen LogP contribution in [0.1, 0.15) is 52.9 Å². The third-order valence-electron chi connectivity index (χ3n) is 3.06. The number of thiol groups is 1. The van der Waals surface area contributed by atoms with E-state index in [-0.39, 0.29) is 0 Å². The maximum absolute atomic E-state index is 5.86. The zero-order chi connectivity index (χ0) is 15.8. The van der Waals surface area contributed by atoms with Gasteiger partial charge in [-0.15, -0.1) is 0 Å². The van der Waals surface area contributed by atoms with Crippen LogP contribution < -0.4 is 0 Å².